The number of fused-ring (bicyclic) bond motifs is 1. The number of ether oxygens (including phenoxy) is 1. The van der Waals surface area contributed by atoms with Gasteiger partial charge in [-0.25, -0.2) is 0 Å². The van der Waals surface area contributed by atoms with Gasteiger partial charge in [0, 0.05) is 10.9 Å². The summed E-state index contributed by atoms with van der Waals surface area (Å²) < 4.78 is 12.5. The van der Waals surface area contributed by atoms with Crippen LogP contribution in [0.3, 0.4) is 0 Å². The largest absolute Gasteiger partial charge is 0.493 e. The highest BCUT2D eigenvalue weighted by Gasteiger charge is 2.22. The molecule has 1 aromatic carbocycles. The van der Waals surface area contributed by atoms with E-state index in [-0.39, 0.29) is 6.04 Å². The van der Waals surface area contributed by atoms with Crippen molar-refractivity contribution >= 4 is 15.9 Å². The van der Waals surface area contributed by atoms with Crippen LogP contribution < -0.4 is 10.1 Å². The molecule has 1 aliphatic rings. The van der Waals surface area contributed by atoms with Crippen LogP contribution in [0.15, 0.2) is 39.4 Å². The SMILES string of the molecule is CCCNC(Cc1cc(Br)cc2c1OCC2)c1ccco1. The molecule has 1 N–H and O–H groups in total. The van der Waals surface area contributed by atoms with Gasteiger partial charge in [-0.3, -0.25) is 0 Å². The predicted molar refractivity (Wildman–Crippen MR) is 86.8 cm³/mol. The lowest BCUT2D eigenvalue weighted by Gasteiger charge is -2.18. The summed E-state index contributed by atoms with van der Waals surface area (Å²) in [4.78, 5) is 0. The van der Waals surface area contributed by atoms with Crippen LogP contribution in [-0.4, -0.2) is 13.2 Å². The maximum atomic E-state index is 5.83. The normalized spacial score (nSPS) is 14.8. The highest BCUT2D eigenvalue weighted by atomic mass is 79.9. The molecule has 1 atom stereocenters. The van der Waals surface area contributed by atoms with Gasteiger partial charge in [-0.1, -0.05) is 22.9 Å². The molecule has 2 heterocycles. The Morgan fingerprint density at radius 1 is 1.38 bits per heavy atom. The minimum absolute atomic E-state index is 0.183. The smallest absolute Gasteiger partial charge is 0.125 e. The molecule has 3 rings (SSSR count). The molecule has 0 saturated heterocycles. The molecule has 4 heteroatoms. The van der Waals surface area contributed by atoms with Crippen LogP contribution >= 0.6 is 15.9 Å². The first-order valence-corrected chi connectivity index (χ1v) is 8.28. The number of rotatable bonds is 6. The molecule has 0 spiro atoms. The highest BCUT2D eigenvalue weighted by Crippen LogP contribution is 2.35. The Morgan fingerprint density at radius 2 is 2.29 bits per heavy atom. The maximum Gasteiger partial charge on any atom is 0.125 e. The van der Waals surface area contributed by atoms with E-state index < -0.39 is 0 Å². The first-order chi connectivity index (χ1) is 10.3. The van der Waals surface area contributed by atoms with Crippen LogP contribution in [0.2, 0.25) is 0 Å². The molecule has 1 unspecified atom stereocenters. The molecule has 21 heavy (non-hydrogen) atoms. The molecule has 0 radical (unpaired) electrons. The van der Waals surface area contributed by atoms with E-state index in [2.05, 4.69) is 40.3 Å². The number of benzene rings is 1. The predicted octanol–water partition coefficient (Wildman–Crippen LogP) is 4.26. The van der Waals surface area contributed by atoms with E-state index in [1.807, 2.05) is 12.1 Å². The van der Waals surface area contributed by atoms with Crippen LogP contribution in [0.1, 0.15) is 36.3 Å². The summed E-state index contributed by atoms with van der Waals surface area (Å²) in [6.07, 6.45) is 4.70. The summed E-state index contributed by atoms with van der Waals surface area (Å²) in [5, 5.41) is 3.57. The lowest BCUT2D eigenvalue weighted by Crippen LogP contribution is -2.23. The molecule has 2 aromatic rings. The summed E-state index contributed by atoms with van der Waals surface area (Å²) in [6, 6.07) is 8.48. The topological polar surface area (TPSA) is 34.4 Å². The van der Waals surface area contributed by atoms with Gasteiger partial charge in [0.2, 0.25) is 0 Å². The van der Waals surface area contributed by atoms with Crippen molar-refractivity contribution in [2.45, 2.75) is 32.2 Å². The number of furan rings is 1. The average Bonchev–Trinajstić information content (AvgIpc) is 3.13. The van der Waals surface area contributed by atoms with Gasteiger partial charge in [-0.2, -0.15) is 0 Å². The Hall–Kier alpha value is -1.26. The van der Waals surface area contributed by atoms with E-state index in [9.17, 15) is 0 Å². The van der Waals surface area contributed by atoms with Crippen LogP contribution in [-0.2, 0) is 12.8 Å². The van der Waals surface area contributed by atoms with Crippen molar-refractivity contribution < 1.29 is 9.15 Å². The van der Waals surface area contributed by atoms with E-state index in [0.29, 0.717) is 0 Å². The molecule has 0 aliphatic carbocycles. The molecule has 0 amide bonds. The van der Waals surface area contributed by atoms with Crippen LogP contribution in [0, 0.1) is 0 Å². The van der Waals surface area contributed by atoms with Gasteiger partial charge >= 0.3 is 0 Å². The van der Waals surface area contributed by atoms with Crippen molar-refractivity contribution in [1.82, 2.24) is 5.32 Å². The van der Waals surface area contributed by atoms with Gasteiger partial charge in [0.1, 0.15) is 11.5 Å². The van der Waals surface area contributed by atoms with E-state index in [1.165, 1.54) is 11.1 Å². The van der Waals surface area contributed by atoms with Crippen molar-refractivity contribution in [3.05, 3.63) is 51.9 Å². The van der Waals surface area contributed by atoms with Crippen molar-refractivity contribution in [3.63, 3.8) is 0 Å². The van der Waals surface area contributed by atoms with Gasteiger partial charge in [0.25, 0.3) is 0 Å². The molecular formula is C17H20BrNO2. The summed E-state index contributed by atoms with van der Waals surface area (Å²) in [5.74, 6) is 2.04. The second-order valence-electron chi connectivity index (χ2n) is 5.38. The zero-order valence-corrected chi connectivity index (χ0v) is 13.8. The van der Waals surface area contributed by atoms with Crippen LogP contribution in [0.5, 0.6) is 5.75 Å². The Kier molecular flexibility index (Phi) is 4.66. The van der Waals surface area contributed by atoms with Crippen molar-refractivity contribution in [3.8, 4) is 5.75 Å². The summed E-state index contributed by atoms with van der Waals surface area (Å²) in [6.45, 7) is 3.93. The maximum absolute atomic E-state index is 5.83. The Bertz CT molecular complexity index is 595. The third-order valence-corrected chi connectivity index (χ3v) is 4.23. The highest BCUT2D eigenvalue weighted by molar-refractivity contribution is 9.10. The Balaban J connectivity index is 1.86. The minimum atomic E-state index is 0.183. The third-order valence-electron chi connectivity index (χ3n) is 3.78. The summed E-state index contributed by atoms with van der Waals surface area (Å²) in [5.41, 5.74) is 2.54. The van der Waals surface area contributed by atoms with E-state index >= 15 is 0 Å². The van der Waals surface area contributed by atoms with Crippen LogP contribution in [0.4, 0.5) is 0 Å². The standard InChI is InChI=1S/C17H20BrNO2/c1-2-6-19-15(16-4-3-7-20-16)11-13-10-14(18)9-12-5-8-21-17(12)13/h3-4,7,9-10,15,19H,2,5-6,8,11H2,1H3. The van der Waals surface area contributed by atoms with E-state index in [4.69, 9.17) is 9.15 Å². The lowest BCUT2D eigenvalue weighted by molar-refractivity contribution is 0.348. The first-order valence-electron chi connectivity index (χ1n) is 7.49. The number of hydrogen-bond acceptors (Lipinski definition) is 3. The van der Waals surface area contributed by atoms with E-state index in [0.717, 1.165) is 48.4 Å². The molecule has 1 aliphatic heterocycles. The number of nitrogens with one attached hydrogen (secondary N) is 1. The van der Waals surface area contributed by atoms with Gasteiger partial charge in [0.05, 0.1) is 18.9 Å². The quantitative estimate of drug-likeness (QED) is 0.845. The molecule has 0 saturated carbocycles. The lowest BCUT2D eigenvalue weighted by atomic mass is 10.00. The van der Waals surface area contributed by atoms with Gasteiger partial charge < -0.3 is 14.5 Å². The molecule has 112 valence electrons. The van der Waals surface area contributed by atoms with Crippen molar-refractivity contribution in [2.24, 2.45) is 0 Å². The summed E-state index contributed by atoms with van der Waals surface area (Å²) in [7, 11) is 0. The fourth-order valence-corrected chi connectivity index (χ4v) is 3.35. The number of hydrogen-bond donors (Lipinski definition) is 1. The fraction of sp³-hybridized carbons (Fsp3) is 0.412. The zero-order valence-electron chi connectivity index (χ0n) is 12.2. The van der Waals surface area contributed by atoms with Gasteiger partial charge in [-0.05, 0) is 54.8 Å². The second kappa shape index (κ2) is 6.67. The van der Waals surface area contributed by atoms with Crippen LogP contribution in [0.25, 0.3) is 0 Å². The molecule has 1 aromatic heterocycles. The minimum Gasteiger partial charge on any atom is -0.493 e. The average molecular weight is 350 g/mol. The van der Waals surface area contributed by atoms with Crippen molar-refractivity contribution in [1.29, 1.82) is 0 Å². The molecule has 0 bridgehead atoms. The number of halogens is 1. The van der Waals surface area contributed by atoms with Crippen molar-refractivity contribution in [2.75, 3.05) is 13.2 Å². The Labute approximate surface area is 133 Å². The molecule has 0 fully saturated rings. The molecule has 3 nitrogen and oxygen atoms in total. The molecular weight excluding hydrogens is 330 g/mol. The second-order valence-corrected chi connectivity index (χ2v) is 6.29. The van der Waals surface area contributed by atoms with E-state index in [1.54, 1.807) is 6.26 Å². The fourth-order valence-electron chi connectivity index (χ4n) is 2.80. The zero-order chi connectivity index (χ0) is 14.7. The summed E-state index contributed by atoms with van der Waals surface area (Å²) >= 11 is 3.61. The van der Waals surface area contributed by atoms with Gasteiger partial charge in [-0.15, -0.1) is 0 Å². The monoisotopic (exact) mass is 349 g/mol. The Morgan fingerprint density at radius 3 is 3.05 bits per heavy atom. The first kappa shape index (κ1) is 14.7. The van der Waals surface area contributed by atoms with Gasteiger partial charge in [0.15, 0.2) is 0 Å². The third kappa shape index (κ3) is 3.33.